The minimum Gasteiger partial charge on any atom is -0.339 e. The molecular formula is C12H14N4O. The minimum absolute atomic E-state index is 0.355. The Bertz CT molecular complexity index is 517. The summed E-state index contributed by atoms with van der Waals surface area (Å²) < 4.78 is 5.33. The molecule has 3 heterocycles. The standard InChI is InChI=1S/C12H14N4O/c1-8-2-4-14-7-10(8)11-15-12(17-16-11)9-3-5-13-6-9/h2,4,7,9,13H,3,5-6H2,1H3. The molecule has 1 unspecified atom stereocenters. The van der Waals surface area contributed by atoms with Gasteiger partial charge in [0.05, 0.1) is 5.92 Å². The molecule has 1 aliphatic heterocycles. The zero-order chi connectivity index (χ0) is 11.7. The molecule has 0 saturated carbocycles. The molecule has 5 heteroatoms. The van der Waals surface area contributed by atoms with Gasteiger partial charge < -0.3 is 9.84 Å². The summed E-state index contributed by atoms with van der Waals surface area (Å²) in [5.74, 6) is 1.72. The Balaban J connectivity index is 1.92. The maximum Gasteiger partial charge on any atom is 0.231 e. The van der Waals surface area contributed by atoms with Crippen molar-refractivity contribution in [1.82, 2.24) is 20.4 Å². The van der Waals surface area contributed by atoms with E-state index in [1.54, 1.807) is 12.4 Å². The van der Waals surface area contributed by atoms with Crippen LogP contribution >= 0.6 is 0 Å². The highest BCUT2D eigenvalue weighted by Crippen LogP contribution is 2.24. The molecular weight excluding hydrogens is 216 g/mol. The van der Waals surface area contributed by atoms with E-state index in [-0.39, 0.29) is 0 Å². The zero-order valence-electron chi connectivity index (χ0n) is 9.68. The Labute approximate surface area is 99.3 Å². The van der Waals surface area contributed by atoms with E-state index in [0.29, 0.717) is 11.7 Å². The van der Waals surface area contributed by atoms with E-state index in [4.69, 9.17) is 4.52 Å². The lowest BCUT2D eigenvalue weighted by Gasteiger charge is -1.99. The molecule has 0 amide bonds. The number of aromatic nitrogens is 3. The third-order valence-corrected chi connectivity index (χ3v) is 3.13. The van der Waals surface area contributed by atoms with Gasteiger partial charge in [0.25, 0.3) is 0 Å². The lowest BCUT2D eigenvalue weighted by atomic mass is 10.1. The lowest BCUT2D eigenvalue weighted by molar-refractivity contribution is 0.359. The first-order valence-electron chi connectivity index (χ1n) is 5.80. The highest BCUT2D eigenvalue weighted by molar-refractivity contribution is 5.57. The molecule has 0 aromatic carbocycles. The number of hydrogen-bond acceptors (Lipinski definition) is 5. The summed E-state index contributed by atoms with van der Waals surface area (Å²) in [7, 11) is 0. The van der Waals surface area contributed by atoms with Crippen molar-refractivity contribution in [2.24, 2.45) is 0 Å². The van der Waals surface area contributed by atoms with E-state index in [1.165, 1.54) is 0 Å². The van der Waals surface area contributed by atoms with Crippen molar-refractivity contribution in [2.75, 3.05) is 13.1 Å². The third-order valence-electron chi connectivity index (χ3n) is 3.13. The number of nitrogens with one attached hydrogen (secondary N) is 1. The van der Waals surface area contributed by atoms with Crippen LogP contribution in [0.5, 0.6) is 0 Å². The van der Waals surface area contributed by atoms with Gasteiger partial charge in [0, 0.05) is 24.5 Å². The maximum atomic E-state index is 5.33. The number of rotatable bonds is 2. The predicted molar refractivity (Wildman–Crippen MR) is 62.5 cm³/mol. The SMILES string of the molecule is Cc1ccncc1-c1noc(C2CCNC2)n1. The van der Waals surface area contributed by atoms with E-state index < -0.39 is 0 Å². The Kier molecular flexibility index (Phi) is 2.60. The Morgan fingerprint density at radius 2 is 2.41 bits per heavy atom. The van der Waals surface area contributed by atoms with Gasteiger partial charge in [0.15, 0.2) is 0 Å². The van der Waals surface area contributed by atoms with Crippen LogP contribution in [0.4, 0.5) is 0 Å². The molecule has 1 atom stereocenters. The maximum absolute atomic E-state index is 5.33. The van der Waals surface area contributed by atoms with E-state index in [2.05, 4.69) is 20.4 Å². The highest BCUT2D eigenvalue weighted by atomic mass is 16.5. The zero-order valence-corrected chi connectivity index (χ0v) is 9.68. The van der Waals surface area contributed by atoms with Crippen LogP contribution in [-0.2, 0) is 0 Å². The van der Waals surface area contributed by atoms with Gasteiger partial charge in [-0.3, -0.25) is 4.98 Å². The minimum atomic E-state index is 0.355. The Hall–Kier alpha value is -1.75. The van der Waals surface area contributed by atoms with E-state index in [9.17, 15) is 0 Å². The van der Waals surface area contributed by atoms with Crippen LogP contribution in [-0.4, -0.2) is 28.2 Å². The van der Waals surface area contributed by atoms with E-state index >= 15 is 0 Å². The average molecular weight is 230 g/mol. The van der Waals surface area contributed by atoms with Crippen LogP contribution in [0.3, 0.4) is 0 Å². The summed E-state index contributed by atoms with van der Waals surface area (Å²) in [4.78, 5) is 8.56. The van der Waals surface area contributed by atoms with Crippen molar-refractivity contribution in [3.8, 4) is 11.4 Å². The molecule has 5 nitrogen and oxygen atoms in total. The van der Waals surface area contributed by atoms with Crippen LogP contribution in [0.25, 0.3) is 11.4 Å². The van der Waals surface area contributed by atoms with Crippen LogP contribution < -0.4 is 5.32 Å². The summed E-state index contributed by atoms with van der Waals surface area (Å²) in [6.45, 7) is 3.96. The van der Waals surface area contributed by atoms with Gasteiger partial charge in [-0.1, -0.05) is 5.16 Å². The second-order valence-corrected chi connectivity index (χ2v) is 4.34. The monoisotopic (exact) mass is 230 g/mol. The topological polar surface area (TPSA) is 63.8 Å². The first-order chi connectivity index (χ1) is 8.34. The number of hydrogen-bond donors (Lipinski definition) is 1. The van der Waals surface area contributed by atoms with Crippen LogP contribution in [0.2, 0.25) is 0 Å². The molecule has 0 aliphatic carbocycles. The van der Waals surface area contributed by atoms with Crippen LogP contribution in [0.1, 0.15) is 23.8 Å². The van der Waals surface area contributed by atoms with Crippen molar-refractivity contribution in [3.05, 3.63) is 29.9 Å². The number of pyridine rings is 1. The van der Waals surface area contributed by atoms with Crippen LogP contribution in [0.15, 0.2) is 23.0 Å². The molecule has 2 aromatic heterocycles. The van der Waals surface area contributed by atoms with Crippen LogP contribution in [0, 0.1) is 6.92 Å². The van der Waals surface area contributed by atoms with Gasteiger partial charge in [-0.15, -0.1) is 0 Å². The predicted octanol–water partition coefficient (Wildman–Crippen LogP) is 1.52. The fourth-order valence-corrected chi connectivity index (χ4v) is 2.07. The first kappa shape index (κ1) is 10.4. The van der Waals surface area contributed by atoms with Gasteiger partial charge in [0.2, 0.25) is 11.7 Å². The average Bonchev–Trinajstić information content (AvgIpc) is 3.00. The fraction of sp³-hybridized carbons (Fsp3) is 0.417. The second-order valence-electron chi connectivity index (χ2n) is 4.34. The van der Waals surface area contributed by atoms with Crippen molar-refractivity contribution in [3.63, 3.8) is 0 Å². The van der Waals surface area contributed by atoms with Gasteiger partial charge in [-0.2, -0.15) is 4.98 Å². The van der Waals surface area contributed by atoms with Gasteiger partial charge in [-0.05, 0) is 31.5 Å². The lowest BCUT2D eigenvalue weighted by Crippen LogP contribution is -2.08. The molecule has 1 N–H and O–H groups in total. The van der Waals surface area contributed by atoms with Crippen molar-refractivity contribution in [2.45, 2.75) is 19.3 Å². The first-order valence-corrected chi connectivity index (χ1v) is 5.80. The fourth-order valence-electron chi connectivity index (χ4n) is 2.07. The van der Waals surface area contributed by atoms with Gasteiger partial charge in [0.1, 0.15) is 0 Å². The molecule has 0 radical (unpaired) electrons. The quantitative estimate of drug-likeness (QED) is 0.847. The van der Waals surface area contributed by atoms with Crippen molar-refractivity contribution < 1.29 is 4.52 Å². The summed E-state index contributed by atoms with van der Waals surface area (Å²) >= 11 is 0. The highest BCUT2D eigenvalue weighted by Gasteiger charge is 2.23. The molecule has 17 heavy (non-hydrogen) atoms. The van der Waals surface area contributed by atoms with Gasteiger partial charge in [-0.25, -0.2) is 0 Å². The van der Waals surface area contributed by atoms with Crippen molar-refractivity contribution >= 4 is 0 Å². The molecule has 1 fully saturated rings. The van der Waals surface area contributed by atoms with E-state index in [1.807, 2.05) is 13.0 Å². The number of aryl methyl sites for hydroxylation is 1. The largest absolute Gasteiger partial charge is 0.339 e. The van der Waals surface area contributed by atoms with E-state index in [0.717, 1.165) is 36.5 Å². The molecule has 1 aliphatic rings. The summed E-state index contributed by atoms with van der Waals surface area (Å²) in [5.41, 5.74) is 2.05. The third kappa shape index (κ3) is 1.93. The molecule has 1 saturated heterocycles. The number of nitrogens with zero attached hydrogens (tertiary/aromatic N) is 3. The normalized spacial score (nSPS) is 19.7. The molecule has 3 rings (SSSR count). The Morgan fingerprint density at radius 1 is 1.47 bits per heavy atom. The summed E-state index contributed by atoms with van der Waals surface area (Å²) in [6, 6.07) is 1.95. The Morgan fingerprint density at radius 3 is 3.18 bits per heavy atom. The summed E-state index contributed by atoms with van der Waals surface area (Å²) in [5, 5.41) is 7.33. The molecule has 88 valence electrons. The van der Waals surface area contributed by atoms with Crippen molar-refractivity contribution in [1.29, 1.82) is 0 Å². The van der Waals surface area contributed by atoms with Gasteiger partial charge >= 0.3 is 0 Å². The molecule has 2 aromatic rings. The summed E-state index contributed by atoms with van der Waals surface area (Å²) in [6.07, 6.45) is 4.60. The molecule has 0 spiro atoms. The molecule has 0 bridgehead atoms. The smallest absolute Gasteiger partial charge is 0.231 e. The second kappa shape index (κ2) is 4.25.